The summed E-state index contributed by atoms with van der Waals surface area (Å²) in [6.07, 6.45) is 3.52. The van der Waals surface area contributed by atoms with Crippen LogP contribution in [-0.4, -0.2) is 49.2 Å². The Balaban J connectivity index is 1.90. The number of hydrogen-bond acceptors (Lipinski definition) is 7. The third-order valence-corrected chi connectivity index (χ3v) is 8.70. The quantitative estimate of drug-likeness (QED) is 0.812. The number of thiophene rings is 1. The number of halogens is 1. The van der Waals surface area contributed by atoms with Crippen LogP contribution in [0.5, 0.6) is 0 Å². The highest BCUT2D eigenvalue weighted by molar-refractivity contribution is 7.90. The first-order valence-electron chi connectivity index (χ1n) is 7.88. The predicted octanol–water partition coefficient (Wildman–Crippen LogP) is 1.96. The Morgan fingerprint density at radius 1 is 1.42 bits per heavy atom. The summed E-state index contributed by atoms with van der Waals surface area (Å²) < 4.78 is 32.3. The number of hydrogen-bond donors (Lipinski definition) is 1. The first-order valence-corrected chi connectivity index (χ1v) is 10.6. The van der Waals surface area contributed by atoms with Crippen LogP contribution in [0.2, 0.25) is 5.02 Å². The van der Waals surface area contributed by atoms with Gasteiger partial charge in [0.1, 0.15) is 10.8 Å². The fourth-order valence-corrected chi connectivity index (χ4v) is 6.76. The van der Waals surface area contributed by atoms with E-state index in [2.05, 4.69) is 9.98 Å². The molecule has 1 saturated heterocycles. The van der Waals surface area contributed by atoms with Crippen LogP contribution in [0.3, 0.4) is 0 Å². The highest BCUT2D eigenvalue weighted by atomic mass is 35.5. The van der Waals surface area contributed by atoms with Crippen LogP contribution in [0, 0.1) is 6.92 Å². The Kier molecular flexibility index (Phi) is 4.03. The number of aliphatic imine (C=N–C) groups is 1. The van der Waals surface area contributed by atoms with Gasteiger partial charge in [0.25, 0.3) is 0 Å². The minimum absolute atomic E-state index is 0.0546. The zero-order valence-electron chi connectivity index (χ0n) is 14.1. The molecule has 10 heteroatoms. The number of guanidine groups is 1. The minimum atomic E-state index is -3.69. The van der Waals surface area contributed by atoms with Gasteiger partial charge in [0, 0.05) is 29.9 Å². The van der Waals surface area contributed by atoms with Gasteiger partial charge >= 0.3 is 0 Å². The maximum absolute atomic E-state index is 12.9. The average molecular weight is 413 g/mol. The van der Waals surface area contributed by atoms with Crippen molar-refractivity contribution in [2.45, 2.75) is 17.7 Å². The van der Waals surface area contributed by atoms with Crippen LogP contribution in [0.25, 0.3) is 10.4 Å². The summed E-state index contributed by atoms with van der Waals surface area (Å²) in [5.41, 5.74) is 6.74. The number of nitrogens with two attached hydrogens (primary N) is 1. The first kappa shape index (κ1) is 17.7. The zero-order chi connectivity index (χ0) is 18.7. The molecule has 4 heterocycles. The van der Waals surface area contributed by atoms with Gasteiger partial charge in [-0.05, 0) is 24.6 Å². The molecule has 138 valence electrons. The fourth-order valence-electron chi connectivity index (χ4n) is 3.34. The molecular formula is C16H17ClN4O3S2. The molecule has 0 bridgehead atoms. The van der Waals surface area contributed by atoms with Crippen molar-refractivity contribution >= 4 is 38.9 Å². The van der Waals surface area contributed by atoms with Crippen LogP contribution < -0.4 is 5.73 Å². The third kappa shape index (κ3) is 2.45. The van der Waals surface area contributed by atoms with Crippen molar-refractivity contribution < 1.29 is 13.2 Å². The van der Waals surface area contributed by atoms with E-state index in [4.69, 9.17) is 22.1 Å². The molecule has 0 amide bonds. The van der Waals surface area contributed by atoms with E-state index in [9.17, 15) is 8.42 Å². The molecule has 2 aliphatic rings. The van der Waals surface area contributed by atoms with Gasteiger partial charge < -0.3 is 10.5 Å². The zero-order valence-corrected chi connectivity index (χ0v) is 16.5. The molecule has 2 aromatic heterocycles. The van der Waals surface area contributed by atoms with Crippen molar-refractivity contribution in [3.8, 4) is 10.4 Å². The molecule has 0 spiro atoms. The molecular weight excluding hydrogens is 396 g/mol. The average Bonchev–Trinajstić information content (AvgIpc) is 3.18. The second-order valence-corrected chi connectivity index (χ2v) is 10.1. The molecule has 1 fully saturated rings. The van der Waals surface area contributed by atoms with Gasteiger partial charge in [0.15, 0.2) is 0 Å². The Hall–Kier alpha value is -1.68. The second kappa shape index (κ2) is 5.91. The molecule has 0 radical (unpaired) electrons. The third-order valence-electron chi connectivity index (χ3n) is 4.74. The molecule has 0 aromatic carbocycles. The van der Waals surface area contributed by atoms with E-state index in [1.807, 2.05) is 19.1 Å². The van der Waals surface area contributed by atoms with Crippen LogP contribution in [0.4, 0.5) is 0 Å². The van der Waals surface area contributed by atoms with Crippen molar-refractivity contribution in [1.82, 2.24) is 9.29 Å². The normalized spacial score (nSPS) is 27.3. The van der Waals surface area contributed by atoms with E-state index in [1.54, 1.807) is 12.4 Å². The summed E-state index contributed by atoms with van der Waals surface area (Å²) in [6.45, 7) is 2.14. The standard InChI is InChI=1S/C16H17ClN4O3S2/c1-9-3-10(6-19-5-9)12-4-11(17)14(25-12)16-8-24-7-13(16)26(22,23)21(2)15(18)20-16/h3-6,13H,7-8H2,1-2H3,(H2,18,20)/t13?,16-/m0/s1. The highest BCUT2D eigenvalue weighted by Gasteiger charge is 2.58. The summed E-state index contributed by atoms with van der Waals surface area (Å²) in [5.74, 6) is -0.0602. The Bertz CT molecular complexity index is 1020. The summed E-state index contributed by atoms with van der Waals surface area (Å²) in [4.78, 5) is 10.3. The molecule has 2 atom stereocenters. The topological polar surface area (TPSA) is 97.9 Å². The summed E-state index contributed by atoms with van der Waals surface area (Å²) in [7, 11) is -2.29. The number of sulfonamides is 1. The summed E-state index contributed by atoms with van der Waals surface area (Å²) in [5, 5.41) is -0.398. The van der Waals surface area contributed by atoms with Gasteiger partial charge in [0.05, 0.1) is 23.1 Å². The van der Waals surface area contributed by atoms with Gasteiger partial charge in [-0.25, -0.2) is 17.7 Å². The van der Waals surface area contributed by atoms with E-state index in [0.29, 0.717) is 9.90 Å². The molecule has 7 nitrogen and oxygen atoms in total. The van der Waals surface area contributed by atoms with E-state index in [0.717, 1.165) is 20.3 Å². The van der Waals surface area contributed by atoms with E-state index < -0.39 is 20.8 Å². The first-order chi connectivity index (χ1) is 12.3. The Morgan fingerprint density at radius 2 is 2.19 bits per heavy atom. The van der Waals surface area contributed by atoms with Crippen LogP contribution in [-0.2, 0) is 20.3 Å². The summed E-state index contributed by atoms with van der Waals surface area (Å²) in [6, 6.07) is 3.82. The number of aryl methyl sites for hydroxylation is 1. The largest absolute Gasteiger partial charge is 0.377 e. The van der Waals surface area contributed by atoms with E-state index >= 15 is 0 Å². The van der Waals surface area contributed by atoms with Gasteiger partial charge in [-0.15, -0.1) is 11.3 Å². The molecule has 0 aliphatic carbocycles. The molecule has 4 rings (SSSR count). The van der Waals surface area contributed by atoms with Crippen molar-refractivity contribution in [2.24, 2.45) is 10.7 Å². The number of rotatable bonds is 2. The lowest BCUT2D eigenvalue weighted by atomic mass is 9.96. The maximum atomic E-state index is 12.9. The lowest BCUT2D eigenvalue weighted by Crippen LogP contribution is -2.56. The number of fused-ring (bicyclic) bond motifs is 1. The van der Waals surface area contributed by atoms with Crippen LogP contribution in [0.15, 0.2) is 29.5 Å². The monoisotopic (exact) mass is 412 g/mol. The number of pyridine rings is 1. The fraction of sp³-hybridized carbons (Fsp3) is 0.375. The van der Waals surface area contributed by atoms with Crippen LogP contribution >= 0.6 is 22.9 Å². The summed E-state index contributed by atoms with van der Waals surface area (Å²) >= 11 is 7.92. The van der Waals surface area contributed by atoms with Crippen molar-refractivity contribution in [2.75, 3.05) is 20.3 Å². The second-order valence-electron chi connectivity index (χ2n) is 6.45. The Morgan fingerprint density at radius 3 is 2.92 bits per heavy atom. The molecule has 2 N–H and O–H groups in total. The van der Waals surface area contributed by atoms with E-state index in [1.165, 1.54) is 18.4 Å². The SMILES string of the molecule is Cc1cncc(-c2cc(Cl)c([C@]34COCC3S(=O)(=O)N(C)C(N)=N4)s2)c1. The molecule has 2 aliphatic heterocycles. The maximum Gasteiger partial charge on any atom is 0.245 e. The minimum Gasteiger partial charge on any atom is -0.377 e. The van der Waals surface area contributed by atoms with Gasteiger partial charge in [-0.1, -0.05) is 11.6 Å². The predicted molar refractivity (Wildman–Crippen MR) is 102 cm³/mol. The number of ether oxygens (including phenoxy) is 1. The van der Waals surface area contributed by atoms with Gasteiger partial charge in [0.2, 0.25) is 16.0 Å². The number of nitrogens with zero attached hydrogens (tertiary/aromatic N) is 3. The lowest BCUT2D eigenvalue weighted by Gasteiger charge is -2.37. The van der Waals surface area contributed by atoms with Crippen LogP contribution in [0.1, 0.15) is 10.4 Å². The van der Waals surface area contributed by atoms with Gasteiger partial charge in [-0.3, -0.25) is 4.98 Å². The van der Waals surface area contributed by atoms with Crippen molar-refractivity contribution in [3.05, 3.63) is 40.0 Å². The van der Waals surface area contributed by atoms with Crippen molar-refractivity contribution in [1.29, 1.82) is 0 Å². The van der Waals surface area contributed by atoms with Crippen molar-refractivity contribution in [3.63, 3.8) is 0 Å². The van der Waals surface area contributed by atoms with E-state index in [-0.39, 0.29) is 19.2 Å². The lowest BCUT2D eigenvalue weighted by molar-refractivity contribution is 0.179. The van der Waals surface area contributed by atoms with Gasteiger partial charge in [-0.2, -0.15) is 0 Å². The number of aromatic nitrogens is 1. The molecule has 0 saturated carbocycles. The smallest absolute Gasteiger partial charge is 0.245 e. The molecule has 2 aromatic rings. The molecule has 1 unspecified atom stereocenters. The Labute approximate surface area is 160 Å². The molecule has 26 heavy (non-hydrogen) atoms. The highest BCUT2D eigenvalue weighted by Crippen LogP contribution is 2.49.